The Morgan fingerprint density at radius 1 is 1.21 bits per heavy atom. The van der Waals surface area contributed by atoms with Crippen LogP contribution in [-0.2, 0) is 0 Å². The maximum absolute atomic E-state index is 4.10. The molecule has 5 unspecified atom stereocenters. The Hall–Kier alpha value is -1.60. The fourth-order valence-electron chi connectivity index (χ4n) is 4.82. The van der Waals surface area contributed by atoms with Crippen LogP contribution >= 0.6 is 0 Å². The van der Waals surface area contributed by atoms with Gasteiger partial charge in [0.05, 0.1) is 0 Å². The number of hydrogen-bond donors (Lipinski definition) is 0. The van der Waals surface area contributed by atoms with Crippen LogP contribution in [0.5, 0.6) is 0 Å². The lowest BCUT2D eigenvalue weighted by Crippen LogP contribution is -2.46. The van der Waals surface area contributed by atoms with Gasteiger partial charge in [0.25, 0.3) is 0 Å². The predicted octanol–water partition coefficient (Wildman–Crippen LogP) is 7.90. The van der Waals surface area contributed by atoms with E-state index in [2.05, 4.69) is 69.8 Å². The quantitative estimate of drug-likeness (QED) is 0.326. The van der Waals surface area contributed by atoms with Crippen molar-refractivity contribution in [1.29, 1.82) is 0 Å². The molecule has 3 rings (SSSR count). The molecule has 1 aliphatic carbocycles. The molecule has 5 atom stereocenters. The second-order valence-electron chi connectivity index (χ2n) is 8.48. The van der Waals surface area contributed by atoms with Crippen molar-refractivity contribution in [2.45, 2.75) is 78.3 Å². The Kier molecular flexibility index (Phi) is 11.9. The fraction of sp³-hybridized carbons (Fsp3) is 0.571. The number of piperidine rings is 1. The zero-order valence-corrected chi connectivity index (χ0v) is 19.7. The Morgan fingerprint density at radius 2 is 1.93 bits per heavy atom. The van der Waals surface area contributed by atoms with E-state index in [1.807, 2.05) is 32.1 Å². The second-order valence-corrected chi connectivity index (χ2v) is 8.48. The van der Waals surface area contributed by atoms with Gasteiger partial charge in [-0.3, -0.25) is 4.90 Å². The summed E-state index contributed by atoms with van der Waals surface area (Å²) in [6.45, 7) is 19.7. The Balaban J connectivity index is 0.000000327. The van der Waals surface area contributed by atoms with Gasteiger partial charge in [0.15, 0.2) is 0 Å². The second kappa shape index (κ2) is 13.6. The van der Waals surface area contributed by atoms with Crippen molar-refractivity contribution in [2.24, 2.45) is 17.8 Å². The number of hydrogen-bond acceptors (Lipinski definition) is 1. The zero-order chi connectivity index (χ0) is 21.8. The third kappa shape index (κ3) is 7.30. The average Bonchev–Trinajstić information content (AvgIpc) is 2.97. The van der Waals surface area contributed by atoms with Gasteiger partial charge in [-0.2, -0.15) is 0 Å². The molecule has 0 amide bonds. The minimum Gasteiger partial charge on any atom is -0.300 e. The molecule has 0 aromatic carbocycles. The summed E-state index contributed by atoms with van der Waals surface area (Å²) >= 11 is 0. The minimum atomic E-state index is 0.683. The van der Waals surface area contributed by atoms with E-state index < -0.39 is 0 Å². The summed E-state index contributed by atoms with van der Waals surface area (Å²) in [7, 11) is 2.32. The van der Waals surface area contributed by atoms with Crippen LogP contribution in [0.25, 0.3) is 0 Å². The highest BCUT2D eigenvalue weighted by molar-refractivity contribution is 5.30. The lowest BCUT2D eigenvalue weighted by atomic mass is 9.74. The monoisotopic (exact) mass is 395 g/mol. The fourth-order valence-corrected chi connectivity index (χ4v) is 4.82. The standard InChI is InChI=1S/C17H25N.C9H14.C2H6/c1-4-13-11-15-9-10-16(18(15)3)17(13)14-7-5-12(2)6-8-14;1-4-6-8-9(3)7-5-2;1-2/h4-5,7-8,12-13,15-17H,1,6,9-11H2,2-3H3;4-5,7H,1-2,6,8H2,3H3;1-2H3/b;9-7+;. The van der Waals surface area contributed by atoms with E-state index in [-0.39, 0.29) is 0 Å². The van der Waals surface area contributed by atoms with E-state index in [1.165, 1.54) is 31.3 Å². The molecule has 0 N–H and O–H groups in total. The van der Waals surface area contributed by atoms with E-state index in [9.17, 15) is 0 Å². The summed E-state index contributed by atoms with van der Waals surface area (Å²) in [6.07, 6.45) is 22.7. The molecule has 1 heteroatoms. The Morgan fingerprint density at radius 3 is 2.48 bits per heavy atom. The third-order valence-electron chi connectivity index (χ3n) is 6.49. The molecule has 0 aromatic heterocycles. The SMILES string of the molecule is C=C/C=C(\C)CCC=C.C=CC1CC2CCC(C1C1=CCC(C)C=C1)N2C.CC. The molecule has 2 bridgehead atoms. The van der Waals surface area contributed by atoms with E-state index >= 15 is 0 Å². The highest BCUT2D eigenvalue weighted by atomic mass is 15.2. The van der Waals surface area contributed by atoms with Crippen LogP contribution < -0.4 is 0 Å². The van der Waals surface area contributed by atoms with E-state index in [0.717, 1.165) is 24.9 Å². The highest BCUT2D eigenvalue weighted by Gasteiger charge is 2.45. The molecule has 29 heavy (non-hydrogen) atoms. The van der Waals surface area contributed by atoms with Gasteiger partial charge >= 0.3 is 0 Å². The summed E-state index contributed by atoms with van der Waals surface area (Å²) in [5, 5.41) is 0. The van der Waals surface area contributed by atoms with E-state index in [4.69, 9.17) is 0 Å². The van der Waals surface area contributed by atoms with Gasteiger partial charge in [0.2, 0.25) is 0 Å². The van der Waals surface area contributed by atoms with Gasteiger partial charge in [0.1, 0.15) is 0 Å². The molecule has 162 valence electrons. The summed E-state index contributed by atoms with van der Waals surface area (Å²) in [5.74, 6) is 2.09. The number of fused-ring (bicyclic) bond motifs is 2. The van der Waals surface area contributed by atoms with Crippen molar-refractivity contribution < 1.29 is 0 Å². The zero-order valence-electron chi connectivity index (χ0n) is 19.7. The molecule has 2 heterocycles. The molecular formula is C28H45N. The Labute approximate surface area is 181 Å². The van der Waals surface area contributed by atoms with Crippen LogP contribution in [0.15, 0.2) is 73.4 Å². The Bertz CT molecular complexity index is 606. The summed E-state index contributed by atoms with van der Waals surface area (Å²) in [4.78, 5) is 2.64. The molecule has 3 aliphatic rings. The number of rotatable bonds is 6. The molecule has 0 radical (unpaired) electrons. The van der Waals surface area contributed by atoms with Crippen LogP contribution in [0.2, 0.25) is 0 Å². The molecule has 2 aliphatic heterocycles. The molecule has 0 spiro atoms. The van der Waals surface area contributed by atoms with E-state index in [0.29, 0.717) is 17.8 Å². The lowest BCUT2D eigenvalue weighted by molar-refractivity contribution is 0.108. The first kappa shape index (κ1) is 25.4. The van der Waals surface area contributed by atoms with Crippen molar-refractivity contribution in [1.82, 2.24) is 4.90 Å². The molecule has 1 nitrogen and oxygen atoms in total. The van der Waals surface area contributed by atoms with Gasteiger partial charge in [-0.15, -0.1) is 13.2 Å². The third-order valence-corrected chi connectivity index (χ3v) is 6.49. The summed E-state index contributed by atoms with van der Waals surface area (Å²) < 4.78 is 0. The summed E-state index contributed by atoms with van der Waals surface area (Å²) in [5.41, 5.74) is 2.94. The molecule has 2 saturated heterocycles. The van der Waals surface area contributed by atoms with Crippen LogP contribution in [0.1, 0.15) is 66.2 Å². The van der Waals surface area contributed by atoms with Gasteiger partial charge in [-0.1, -0.05) is 75.5 Å². The van der Waals surface area contributed by atoms with Crippen molar-refractivity contribution in [3.63, 3.8) is 0 Å². The van der Waals surface area contributed by atoms with Crippen LogP contribution in [0.4, 0.5) is 0 Å². The lowest BCUT2D eigenvalue weighted by Gasteiger charge is -2.43. The maximum atomic E-state index is 4.10. The van der Waals surface area contributed by atoms with Gasteiger partial charge in [-0.05, 0) is 69.9 Å². The topological polar surface area (TPSA) is 3.24 Å². The van der Waals surface area contributed by atoms with Crippen molar-refractivity contribution in [3.05, 3.63) is 73.4 Å². The van der Waals surface area contributed by atoms with Crippen molar-refractivity contribution in [3.8, 4) is 0 Å². The largest absolute Gasteiger partial charge is 0.300 e. The van der Waals surface area contributed by atoms with Gasteiger partial charge < -0.3 is 0 Å². The van der Waals surface area contributed by atoms with E-state index in [1.54, 1.807) is 5.57 Å². The average molecular weight is 396 g/mol. The number of allylic oxidation sites excluding steroid dienone is 8. The number of nitrogens with zero attached hydrogens (tertiary/aromatic N) is 1. The van der Waals surface area contributed by atoms with Gasteiger partial charge in [0, 0.05) is 18.0 Å². The molecular weight excluding hydrogens is 350 g/mol. The van der Waals surface area contributed by atoms with Crippen LogP contribution in [0, 0.1) is 17.8 Å². The first-order valence-electron chi connectivity index (χ1n) is 11.6. The molecule has 2 fully saturated rings. The van der Waals surface area contributed by atoms with Crippen molar-refractivity contribution >= 4 is 0 Å². The van der Waals surface area contributed by atoms with Crippen molar-refractivity contribution in [2.75, 3.05) is 7.05 Å². The first-order valence-corrected chi connectivity index (χ1v) is 11.6. The van der Waals surface area contributed by atoms with Gasteiger partial charge in [-0.25, -0.2) is 0 Å². The normalized spacial score (nSPS) is 30.9. The highest BCUT2D eigenvalue weighted by Crippen LogP contribution is 2.46. The van der Waals surface area contributed by atoms with Crippen LogP contribution in [-0.4, -0.2) is 24.0 Å². The van der Waals surface area contributed by atoms with Crippen LogP contribution in [0.3, 0.4) is 0 Å². The maximum Gasteiger partial charge on any atom is 0.0170 e. The smallest absolute Gasteiger partial charge is 0.0170 e. The first-order chi connectivity index (χ1) is 14.0. The molecule has 0 saturated carbocycles. The molecule has 0 aromatic rings. The minimum absolute atomic E-state index is 0.683. The predicted molar refractivity (Wildman–Crippen MR) is 132 cm³/mol. The summed E-state index contributed by atoms with van der Waals surface area (Å²) in [6, 6.07) is 1.55.